The summed E-state index contributed by atoms with van der Waals surface area (Å²) in [5.41, 5.74) is 2.69. The van der Waals surface area contributed by atoms with Crippen LogP contribution in [0.25, 0.3) is 0 Å². The molecule has 2 saturated heterocycles. The van der Waals surface area contributed by atoms with E-state index in [0.717, 1.165) is 17.9 Å². The lowest BCUT2D eigenvalue weighted by Gasteiger charge is -2.40. The number of aliphatic hydroxyl groups excluding tert-OH is 1. The highest BCUT2D eigenvalue weighted by Gasteiger charge is 2.39. The zero-order chi connectivity index (χ0) is 16.3. The Morgan fingerprint density at radius 1 is 1.22 bits per heavy atom. The molecule has 3 rings (SSSR count). The second-order valence-electron chi connectivity index (χ2n) is 7.34. The van der Waals surface area contributed by atoms with Gasteiger partial charge in [0.1, 0.15) is 5.75 Å². The quantitative estimate of drug-likeness (QED) is 0.905. The van der Waals surface area contributed by atoms with Crippen LogP contribution < -0.4 is 4.74 Å². The van der Waals surface area contributed by atoms with Crippen LogP contribution in [0.4, 0.5) is 0 Å². The van der Waals surface area contributed by atoms with Crippen LogP contribution in [-0.2, 0) is 13.2 Å². The van der Waals surface area contributed by atoms with Gasteiger partial charge in [-0.05, 0) is 69.4 Å². The van der Waals surface area contributed by atoms with Crippen LogP contribution in [0.5, 0.6) is 5.75 Å². The van der Waals surface area contributed by atoms with Gasteiger partial charge in [0.25, 0.3) is 0 Å². The Kier molecular flexibility index (Phi) is 5.24. The highest BCUT2D eigenvalue weighted by molar-refractivity contribution is 5.37. The van der Waals surface area contributed by atoms with E-state index in [0.29, 0.717) is 12.0 Å². The first-order valence-electron chi connectivity index (χ1n) is 8.90. The molecule has 1 aromatic rings. The SMILES string of the molecule is CCOc1ccc(CN2CCCC3(CCN(C)C3)C2)cc1CO. The lowest BCUT2D eigenvalue weighted by Crippen LogP contribution is -2.44. The molecule has 1 unspecified atom stereocenters. The van der Waals surface area contributed by atoms with E-state index < -0.39 is 0 Å². The van der Waals surface area contributed by atoms with Gasteiger partial charge in [-0.15, -0.1) is 0 Å². The molecule has 0 aromatic heterocycles. The first kappa shape index (κ1) is 16.7. The van der Waals surface area contributed by atoms with E-state index in [-0.39, 0.29) is 6.61 Å². The van der Waals surface area contributed by atoms with Crippen molar-refractivity contribution in [3.63, 3.8) is 0 Å². The fraction of sp³-hybridized carbons (Fsp3) is 0.684. The molecule has 1 N–H and O–H groups in total. The fourth-order valence-corrected chi connectivity index (χ4v) is 4.35. The topological polar surface area (TPSA) is 35.9 Å². The van der Waals surface area contributed by atoms with Crippen molar-refractivity contribution in [2.45, 2.75) is 39.3 Å². The Bertz CT molecular complexity index is 530. The lowest BCUT2D eigenvalue weighted by molar-refractivity contribution is 0.0899. The molecule has 0 aliphatic carbocycles. The zero-order valence-corrected chi connectivity index (χ0v) is 14.6. The molecule has 128 valence electrons. The number of rotatable bonds is 5. The van der Waals surface area contributed by atoms with Crippen LogP contribution in [0.1, 0.15) is 37.3 Å². The van der Waals surface area contributed by atoms with Crippen molar-refractivity contribution in [2.75, 3.05) is 39.8 Å². The molecule has 23 heavy (non-hydrogen) atoms. The molecule has 1 spiro atoms. The van der Waals surface area contributed by atoms with Crippen molar-refractivity contribution >= 4 is 0 Å². The van der Waals surface area contributed by atoms with Crippen molar-refractivity contribution in [3.8, 4) is 5.75 Å². The Balaban J connectivity index is 1.67. The minimum Gasteiger partial charge on any atom is -0.494 e. The molecular formula is C19H30N2O2. The van der Waals surface area contributed by atoms with Crippen LogP contribution in [0, 0.1) is 5.41 Å². The molecule has 1 atom stereocenters. The fourth-order valence-electron chi connectivity index (χ4n) is 4.35. The second-order valence-corrected chi connectivity index (χ2v) is 7.34. The third-order valence-electron chi connectivity index (χ3n) is 5.37. The maximum absolute atomic E-state index is 9.57. The lowest BCUT2D eigenvalue weighted by atomic mass is 9.79. The molecule has 2 fully saturated rings. The number of hydrogen-bond donors (Lipinski definition) is 1. The molecule has 2 aliphatic heterocycles. The van der Waals surface area contributed by atoms with Gasteiger partial charge in [0.15, 0.2) is 0 Å². The predicted molar refractivity (Wildman–Crippen MR) is 92.6 cm³/mol. The normalized spacial score (nSPS) is 26.0. The Labute approximate surface area is 140 Å². The minimum atomic E-state index is 0.0396. The monoisotopic (exact) mass is 318 g/mol. The third kappa shape index (κ3) is 3.87. The van der Waals surface area contributed by atoms with E-state index in [4.69, 9.17) is 4.74 Å². The van der Waals surface area contributed by atoms with Crippen LogP contribution in [0.15, 0.2) is 18.2 Å². The number of likely N-dealkylation sites (tertiary alicyclic amines) is 2. The van der Waals surface area contributed by atoms with Crippen LogP contribution >= 0.6 is 0 Å². The van der Waals surface area contributed by atoms with Crippen LogP contribution in [0.2, 0.25) is 0 Å². The van der Waals surface area contributed by atoms with Crippen molar-refractivity contribution < 1.29 is 9.84 Å². The van der Waals surface area contributed by atoms with Crippen molar-refractivity contribution in [1.29, 1.82) is 0 Å². The summed E-state index contributed by atoms with van der Waals surface area (Å²) in [6, 6.07) is 6.26. The molecule has 0 amide bonds. The van der Waals surface area contributed by atoms with Gasteiger partial charge in [-0.25, -0.2) is 0 Å². The summed E-state index contributed by atoms with van der Waals surface area (Å²) in [7, 11) is 2.24. The van der Waals surface area contributed by atoms with E-state index >= 15 is 0 Å². The van der Waals surface area contributed by atoms with Crippen molar-refractivity contribution in [1.82, 2.24) is 9.80 Å². The van der Waals surface area contributed by atoms with E-state index in [9.17, 15) is 5.11 Å². The third-order valence-corrected chi connectivity index (χ3v) is 5.37. The molecule has 1 aromatic carbocycles. The number of piperidine rings is 1. The van der Waals surface area contributed by atoms with Gasteiger partial charge in [0.2, 0.25) is 0 Å². The molecule has 0 saturated carbocycles. The summed E-state index contributed by atoms with van der Waals surface area (Å²) in [4.78, 5) is 5.07. The van der Waals surface area contributed by atoms with Gasteiger partial charge in [0, 0.05) is 25.2 Å². The molecule has 4 nitrogen and oxygen atoms in total. The highest BCUT2D eigenvalue weighted by Crippen LogP contribution is 2.38. The van der Waals surface area contributed by atoms with Gasteiger partial charge >= 0.3 is 0 Å². The minimum absolute atomic E-state index is 0.0396. The average Bonchev–Trinajstić information content (AvgIpc) is 2.89. The standard InChI is InChI=1S/C19H30N2O2/c1-3-23-18-6-5-16(11-17(18)13-22)12-21-9-4-7-19(15-21)8-10-20(2)14-19/h5-6,11,22H,3-4,7-10,12-15H2,1-2H3. The highest BCUT2D eigenvalue weighted by atomic mass is 16.5. The average molecular weight is 318 g/mol. The smallest absolute Gasteiger partial charge is 0.124 e. The summed E-state index contributed by atoms with van der Waals surface area (Å²) in [6.07, 6.45) is 4.02. The van der Waals surface area contributed by atoms with Crippen molar-refractivity contribution in [3.05, 3.63) is 29.3 Å². The summed E-state index contributed by atoms with van der Waals surface area (Å²) in [5, 5.41) is 9.57. The summed E-state index contributed by atoms with van der Waals surface area (Å²) >= 11 is 0. The van der Waals surface area contributed by atoms with E-state index in [1.807, 2.05) is 13.0 Å². The summed E-state index contributed by atoms with van der Waals surface area (Å²) in [6.45, 7) is 8.50. The van der Waals surface area contributed by atoms with Gasteiger partial charge < -0.3 is 14.7 Å². The van der Waals surface area contributed by atoms with Gasteiger partial charge in [-0.1, -0.05) is 6.07 Å². The molecule has 2 aliphatic rings. The Hall–Kier alpha value is -1.10. The maximum atomic E-state index is 9.57. The molecule has 0 bridgehead atoms. The van der Waals surface area contributed by atoms with Gasteiger partial charge in [-0.3, -0.25) is 4.90 Å². The van der Waals surface area contributed by atoms with Crippen LogP contribution in [0.3, 0.4) is 0 Å². The Morgan fingerprint density at radius 3 is 2.78 bits per heavy atom. The number of benzene rings is 1. The van der Waals surface area contributed by atoms with Crippen LogP contribution in [-0.4, -0.2) is 54.7 Å². The molecular weight excluding hydrogens is 288 g/mol. The largest absolute Gasteiger partial charge is 0.494 e. The van der Waals surface area contributed by atoms with E-state index in [2.05, 4.69) is 29.0 Å². The number of ether oxygens (including phenoxy) is 1. The van der Waals surface area contributed by atoms with E-state index in [1.165, 1.54) is 51.0 Å². The molecule has 2 heterocycles. The van der Waals surface area contributed by atoms with Gasteiger partial charge in [0.05, 0.1) is 13.2 Å². The van der Waals surface area contributed by atoms with Crippen molar-refractivity contribution in [2.24, 2.45) is 5.41 Å². The van der Waals surface area contributed by atoms with Gasteiger partial charge in [-0.2, -0.15) is 0 Å². The van der Waals surface area contributed by atoms with E-state index in [1.54, 1.807) is 0 Å². The molecule has 0 radical (unpaired) electrons. The first-order valence-corrected chi connectivity index (χ1v) is 8.90. The molecule has 4 heteroatoms. The Morgan fingerprint density at radius 2 is 2.09 bits per heavy atom. The first-order chi connectivity index (χ1) is 11.1. The predicted octanol–water partition coefficient (Wildman–Crippen LogP) is 2.50. The number of hydrogen-bond acceptors (Lipinski definition) is 4. The number of aliphatic hydroxyl groups is 1. The number of nitrogens with zero attached hydrogens (tertiary/aromatic N) is 2. The maximum Gasteiger partial charge on any atom is 0.124 e. The zero-order valence-electron chi connectivity index (χ0n) is 14.6. The second kappa shape index (κ2) is 7.20. The summed E-state index contributed by atoms with van der Waals surface area (Å²) in [5.74, 6) is 0.811. The summed E-state index contributed by atoms with van der Waals surface area (Å²) < 4.78 is 5.58.